The van der Waals surface area contributed by atoms with Crippen LogP contribution in [0.4, 0.5) is 0 Å². The second-order valence-electron chi connectivity index (χ2n) is 17.2. The molecule has 0 bridgehead atoms. The summed E-state index contributed by atoms with van der Waals surface area (Å²) in [6.45, 7) is 6.46. The molecule has 0 aromatic rings. The Morgan fingerprint density at radius 3 is 1.26 bits per heavy atom. The van der Waals surface area contributed by atoms with Crippen molar-refractivity contribution >= 4 is 11.9 Å². The number of aliphatic hydroxyl groups excluding tert-OH is 2. The number of carbonyl (C=O) groups excluding carboxylic acids is 2. The van der Waals surface area contributed by atoms with Crippen molar-refractivity contribution in [2.45, 2.75) is 283 Å². The van der Waals surface area contributed by atoms with Gasteiger partial charge in [-0.1, -0.05) is 199 Å². The fourth-order valence-corrected chi connectivity index (χ4v) is 7.65. The largest absolute Gasteiger partial charge is 0.462 e. The van der Waals surface area contributed by atoms with Crippen molar-refractivity contribution in [3.63, 3.8) is 0 Å². The third-order valence-corrected chi connectivity index (χ3v) is 11.5. The van der Waals surface area contributed by atoms with Crippen molar-refractivity contribution in [2.75, 3.05) is 6.61 Å². The van der Waals surface area contributed by atoms with Crippen LogP contribution in [0.5, 0.6) is 0 Å². The average molecular weight is 804 g/mol. The highest BCUT2D eigenvalue weighted by molar-refractivity contribution is 5.77. The zero-order valence-electron chi connectivity index (χ0n) is 38.2. The molecule has 3 unspecified atom stereocenters. The van der Waals surface area contributed by atoms with E-state index in [1.807, 2.05) is 0 Å². The molecule has 0 aromatic heterocycles. The Morgan fingerprint density at radius 1 is 0.491 bits per heavy atom. The first-order chi connectivity index (χ1) is 28.0. The van der Waals surface area contributed by atoms with Gasteiger partial charge in [-0.15, -0.1) is 0 Å². The van der Waals surface area contributed by atoms with Crippen LogP contribution < -0.4 is 5.32 Å². The number of allylic oxidation sites excluding steroid dienone is 4. The van der Waals surface area contributed by atoms with Crippen LogP contribution in [0.3, 0.4) is 0 Å². The average Bonchev–Trinajstić information content (AvgIpc) is 3.20. The molecular formula is C51H97NO5. The molecule has 0 saturated heterocycles. The Hall–Kier alpha value is -1.66. The summed E-state index contributed by atoms with van der Waals surface area (Å²) >= 11 is 0. The van der Waals surface area contributed by atoms with Crippen molar-refractivity contribution in [2.24, 2.45) is 0 Å². The second-order valence-corrected chi connectivity index (χ2v) is 17.2. The molecule has 336 valence electrons. The summed E-state index contributed by atoms with van der Waals surface area (Å²) in [5, 5.41) is 23.7. The summed E-state index contributed by atoms with van der Waals surface area (Å²) in [6, 6.07) is -0.702. The van der Waals surface area contributed by atoms with Gasteiger partial charge in [0.05, 0.1) is 25.2 Å². The summed E-state index contributed by atoms with van der Waals surface area (Å²) in [5.41, 5.74) is 0. The van der Waals surface area contributed by atoms with Crippen LogP contribution in [0.15, 0.2) is 24.3 Å². The Morgan fingerprint density at radius 2 is 0.842 bits per heavy atom. The maximum atomic E-state index is 13.2. The number of rotatable bonds is 45. The van der Waals surface area contributed by atoms with E-state index in [4.69, 9.17) is 4.74 Å². The lowest BCUT2D eigenvalue weighted by Gasteiger charge is -2.24. The molecule has 0 aromatic carbocycles. The summed E-state index contributed by atoms with van der Waals surface area (Å²) in [6.07, 6.45) is 50.9. The van der Waals surface area contributed by atoms with Crippen LogP contribution in [0, 0.1) is 0 Å². The third-order valence-electron chi connectivity index (χ3n) is 11.5. The molecule has 0 heterocycles. The van der Waals surface area contributed by atoms with E-state index in [1.165, 1.54) is 154 Å². The predicted molar refractivity (Wildman–Crippen MR) is 246 cm³/mol. The quantitative estimate of drug-likeness (QED) is 0.0324. The number of hydrogen-bond donors (Lipinski definition) is 3. The molecule has 0 rings (SSSR count). The fourth-order valence-electron chi connectivity index (χ4n) is 7.65. The minimum absolute atomic E-state index is 0.0695. The smallest absolute Gasteiger partial charge is 0.306 e. The highest BCUT2D eigenvalue weighted by Crippen LogP contribution is 2.17. The van der Waals surface area contributed by atoms with Gasteiger partial charge in [-0.2, -0.15) is 0 Å². The van der Waals surface area contributed by atoms with E-state index in [0.29, 0.717) is 19.3 Å². The number of hydrogen-bond acceptors (Lipinski definition) is 5. The van der Waals surface area contributed by atoms with Crippen molar-refractivity contribution in [3.05, 3.63) is 24.3 Å². The molecule has 0 aliphatic rings. The Balaban J connectivity index is 4.60. The van der Waals surface area contributed by atoms with Crippen LogP contribution in [-0.2, 0) is 14.3 Å². The number of unbranched alkanes of at least 4 members (excludes halogenated alkanes) is 29. The minimum Gasteiger partial charge on any atom is -0.462 e. The predicted octanol–water partition coefficient (Wildman–Crippen LogP) is 14.7. The van der Waals surface area contributed by atoms with Crippen molar-refractivity contribution in [1.82, 2.24) is 5.32 Å². The number of esters is 1. The first kappa shape index (κ1) is 55.3. The number of carbonyl (C=O) groups is 2. The maximum Gasteiger partial charge on any atom is 0.306 e. The zero-order valence-corrected chi connectivity index (χ0v) is 38.2. The van der Waals surface area contributed by atoms with Crippen molar-refractivity contribution in [1.29, 1.82) is 0 Å². The summed E-state index contributed by atoms with van der Waals surface area (Å²) < 4.78 is 5.91. The monoisotopic (exact) mass is 804 g/mol. The minimum atomic E-state index is -0.788. The van der Waals surface area contributed by atoms with Gasteiger partial charge in [0.15, 0.2) is 0 Å². The lowest BCUT2D eigenvalue weighted by atomic mass is 10.0. The van der Waals surface area contributed by atoms with E-state index >= 15 is 0 Å². The first-order valence-electron chi connectivity index (χ1n) is 25.1. The SMILES string of the molecule is CCCCCC/C=C\CCCCCCCC(CC(=O)NC(CO)C(O)CCCCCCCCCCCCCC)OC(=O)CCCCC/C=C\CCCCCCCC. The maximum absolute atomic E-state index is 13.2. The van der Waals surface area contributed by atoms with Gasteiger partial charge in [0.25, 0.3) is 0 Å². The van der Waals surface area contributed by atoms with Gasteiger partial charge >= 0.3 is 5.97 Å². The standard InChI is InChI=1S/C51H97NO5/c1-4-7-10-13-16-19-22-25-27-30-33-36-39-42-47(57-51(56)44-41-38-35-32-29-26-23-20-17-14-11-8-5-2)45-50(55)52-48(46-53)49(54)43-40-37-34-31-28-24-21-18-15-12-9-6-3/h19,22,26,29,47-49,53-54H,4-18,20-21,23-25,27-28,30-46H2,1-3H3,(H,52,55)/b22-19-,29-26-. The molecular weight excluding hydrogens is 707 g/mol. The van der Waals surface area contributed by atoms with E-state index in [0.717, 1.165) is 64.2 Å². The van der Waals surface area contributed by atoms with Gasteiger partial charge in [0.2, 0.25) is 5.91 Å². The Labute approximate surface area is 354 Å². The van der Waals surface area contributed by atoms with Crippen LogP contribution >= 0.6 is 0 Å². The molecule has 0 aliphatic carbocycles. The zero-order chi connectivity index (χ0) is 41.7. The number of amides is 1. The molecule has 0 fully saturated rings. The van der Waals surface area contributed by atoms with Crippen molar-refractivity contribution < 1.29 is 24.5 Å². The molecule has 3 N–H and O–H groups in total. The van der Waals surface area contributed by atoms with Gasteiger partial charge in [0, 0.05) is 6.42 Å². The van der Waals surface area contributed by atoms with E-state index in [2.05, 4.69) is 50.4 Å². The lowest BCUT2D eigenvalue weighted by Crippen LogP contribution is -2.46. The second kappa shape index (κ2) is 45.4. The lowest BCUT2D eigenvalue weighted by molar-refractivity contribution is -0.151. The van der Waals surface area contributed by atoms with Crippen LogP contribution in [0.25, 0.3) is 0 Å². The Bertz CT molecular complexity index is 904. The molecule has 0 saturated carbocycles. The summed E-state index contributed by atoms with van der Waals surface area (Å²) in [7, 11) is 0. The van der Waals surface area contributed by atoms with E-state index in [-0.39, 0.29) is 24.9 Å². The van der Waals surface area contributed by atoms with Crippen molar-refractivity contribution in [3.8, 4) is 0 Å². The first-order valence-corrected chi connectivity index (χ1v) is 25.1. The molecule has 0 radical (unpaired) electrons. The van der Waals surface area contributed by atoms with Crippen LogP contribution in [0.1, 0.15) is 265 Å². The fraction of sp³-hybridized carbons (Fsp3) is 0.882. The van der Waals surface area contributed by atoms with Gasteiger partial charge in [-0.05, 0) is 77.0 Å². The molecule has 6 heteroatoms. The summed E-state index contributed by atoms with van der Waals surface area (Å²) in [5.74, 6) is -0.492. The topological polar surface area (TPSA) is 95.9 Å². The molecule has 1 amide bonds. The summed E-state index contributed by atoms with van der Waals surface area (Å²) in [4.78, 5) is 26.1. The molecule has 3 atom stereocenters. The van der Waals surface area contributed by atoms with E-state index < -0.39 is 18.2 Å². The highest BCUT2D eigenvalue weighted by atomic mass is 16.5. The van der Waals surface area contributed by atoms with Gasteiger partial charge in [-0.25, -0.2) is 0 Å². The number of ether oxygens (including phenoxy) is 1. The van der Waals surface area contributed by atoms with E-state index in [1.54, 1.807) is 0 Å². The van der Waals surface area contributed by atoms with Gasteiger partial charge in [0.1, 0.15) is 6.10 Å². The highest BCUT2D eigenvalue weighted by Gasteiger charge is 2.24. The number of aliphatic hydroxyl groups is 2. The molecule has 6 nitrogen and oxygen atoms in total. The van der Waals surface area contributed by atoms with Gasteiger partial charge in [-0.3, -0.25) is 9.59 Å². The molecule has 57 heavy (non-hydrogen) atoms. The van der Waals surface area contributed by atoms with Crippen LogP contribution in [-0.4, -0.2) is 46.9 Å². The molecule has 0 aliphatic heterocycles. The Kier molecular flexibility index (Phi) is 44.1. The third kappa shape index (κ3) is 40.9. The van der Waals surface area contributed by atoms with E-state index in [9.17, 15) is 19.8 Å². The molecule has 0 spiro atoms. The number of nitrogens with one attached hydrogen (secondary N) is 1. The van der Waals surface area contributed by atoms with Gasteiger partial charge < -0.3 is 20.3 Å². The normalized spacial score (nSPS) is 13.4. The van der Waals surface area contributed by atoms with Crippen LogP contribution in [0.2, 0.25) is 0 Å².